The average molecular weight is 253 g/mol. The first-order valence-corrected chi connectivity index (χ1v) is 7.04. The summed E-state index contributed by atoms with van der Waals surface area (Å²) in [5.74, 6) is 1.66. The van der Waals surface area contributed by atoms with Gasteiger partial charge in [0, 0.05) is 11.6 Å². The molecule has 0 aromatic carbocycles. The molecule has 6 heteroatoms. The van der Waals surface area contributed by atoms with Crippen LogP contribution >= 0.6 is 11.8 Å². The van der Waals surface area contributed by atoms with Crippen molar-refractivity contribution < 1.29 is 0 Å². The van der Waals surface area contributed by atoms with E-state index in [1.165, 1.54) is 12.8 Å². The highest BCUT2D eigenvalue weighted by Crippen LogP contribution is 2.33. The second-order valence-corrected chi connectivity index (χ2v) is 6.13. The Labute approximate surface area is 106 Å². The monoisotopic (exact) mass is 253 g/mol. The van der Waals surface area contributed by atoms with Gasteiger partial charge in [-0.1, -0.05) is 0 Å². The van der Waals surface area contributed by atoms with Gasteiger partial charge in [-0.05, 0) is 45.1 Å². The van der Waals surface area contributed by atoms with Gasteiger partial charge in [0.05, 0.1) is 4.90 Å². The molecule has 0 amide bonds. The van der Waals surface area contributed by atoms with Gasteiger partial charge in [0.25, 0.3) is 0 Å². The van der Waals surface area contributed by atoms with Crippen LogP contribution in [0, 0.1) is 0 Å². The normalized spacial score (nSPS) is 15.8. The maximum absolute atomic E-state index is 4.09. The highest BCUT2D eigenvalue weighted by atomic mass is 32.2. The van der Waals surface area contributed by atoms with E-state index in [0.717, 1.165) is 16.5 Å². The summed E-state index contributed by atoms with van der Waals surface area (Å²) in [7, 11) is 0. The second kappa shape index (κ2) is 4.68. The lowest BCUT2D eigenvalue weighted by molar-refractivity contribution is 0.622. The fourth-order valence-electron chi connectivity index (χ4n) is 1.46. The van der Waals surface area contributed by atoms with Gasteiger partial charge in [-0.3, -0.25) is 0 Å². The zero-order chi connectivity index (χ0) is 12.5. The summed E-state index contributed by atoms with van der Waals surface area (Å²) in [6, 6.07) is 0.570. The molecule has 0 saturated heterocycles. The van der Waals surface area contributed by atoms with Crippen LogP contribution in [0.2, 0.25) is 0 Å². The smallest absolute Gasteiger partial charge is 0.168 e. The Morgan fingerprint density at radius 1 is 1.18 bits per heavy atom. The Bertz CT molecular complexity index is 397. The zero-order valence-electron chi connectivity index (χ0n) is 10.7. The molecule has 5 nitrogen and oxygen atoms in total. The highest BCUT2D eigenvalue weighted by Gasteiger charge is 2.24. The van der Waals surface area contributed by atoms with Crippen LogP contribution in [0.15, 0.2) is 4.90 Å². The van der Waals surface area contributed by atoms with Gasteiger partial charge in [-0.15, -0.1) is 22.0 Å². The minimum atomic E-state index is -0.0304. The van der Waals surface area contributed by atoms with E-state index < -0.39 is 0 Å². The molecule has 1 aromatic heterocycles. The number of thioether (sulfide) groups is 1. The third-order valence-corrected chi connectivity index (χ3v) is 3.13. The maximum Gasteiger partial charge on any atom is 0.168 e. The van der Waals surface area contributed by atoms with Gasteiger partial charge in [0.15, 0.2) is 11.6 Å². The van der Waals surface area contributed by atoms with Crippen molar-refractivity contribution in [1.29, 1.82) is 0 Å². The molecule has 0 atom stereocenters. The Kier molecular flexibility index (Phi) is 3.42. The lowest BCUT2D eigenvalue weighted by atomic mass is 10.1. The van der Waals surface area contributed by atoms with Crippen LogP contribution in [0.4, 0.5) is 11.6 Å². The molecular weight excluding hydrogens is 234 g/mol. The van der Waals surface area contributed by atoms with Crippen LogP contribution in [0.3, 0.4) is 0 Å². The van der Waals surface area contributed by atoms with Crippen molar-refractivity contribution in [3.8, 4) is 0 Å². The quantitative estimate of drug-likeness (QED) is 0.803. The molecule has 1 saturated carbocycles. The Morgan fingerprint density at radius 3 is 2.35 bits per heavy atom. The van der Waals surface area contributed by atoms with Crippen LogP contribution in [0.1, 0.15) is 33.6 Å². The number of aromatic nitrogens is 3. The number of anilines is 2. The maximum atomic E-state index is 4.09. The Balaban J connectivity index is 2.24. The molecule has 1 aliphatic rings. The van der Waals surface area contributed by atoms with E-state index in [2.05, 4.69) is 46.8 Å². The van der Waals surface area contributed by atoms with E-state index in [4.69, 9.17) is 0 Å². The standard InChI is InChI=1S/C11H19N5S/c1-11(2,3)13-10-8(17-4)9(14-16-15-10)12-7-5-6-7/h7H,5-6H2,1-4H3,(H2,12,13,14,15). The Hall–Kier alpha value is -1.04. The summed E-state index contributed by atoms with van der Waals surface area (Å²) >= 11 is 1.64. The predicted molar refractivity (Wildman–Crippen MR) is 71.6 cm³/mol. The first kappa shape index (κ1) is 12.4. The lowest BCUT2D eigenvalue weighted by Crippen LogP contribution is -2.27. The molecule has 2 rings (SSSR count). The van der Waals surface area contributed by atoms with Crippen molar-refractivity contribution in [2.75, 3.05) is 16.9 Å². The van der Waals surface area contributed by atoms with E-state index in [0.29, 0.717) is 6.04 Å². The molecule has 2 N–H and O–H groups in total. The van der Waals surface area contributed by atoms with Gasteiger partial charge in [0.1, 0.15) is 0 Å². The number of nitrogens with one attached hydrogen (secondary N) is 2. The number of rotatable bonds is 4. The zero-order valence-corrected chi connectivity index (χ0v) is 11.6. The molecule has 0 bridgehead atoms. The van der Waals surface area contributed by atoms with E-state index in [1.54, 1.807) is 11.8 Å². The molecule has 17 heavy (non-hydrogen) atoms. The van der Waals surface area contributed by atoms with E-state index in [1.807, 2.05) is 6.26 Å². The number of hydrogen-bond acceptors (Lipinski definition) is 6. The fraction of sp³-hybridized carbons (Fsp3) is 0.727. The van der Waals surface area contributed by atoms with Gasteiger partial charge in [0.2, 0.25) is 0 Å². The van der Waals surface area contributed by atoms with Crippen molar-refractivity contribution >= 4 is 23.4 Å². The molecule has 0 spiro atoms. The summed E-state index contributed by atoms with van der Waals surface area (Å²) < 4.78 is 0. The average Bonchev–Trinajstić information content (AvgIpc) is 2.99. The summed E-state index contributed by atoms with van der Waals surface area (Å²) in [5, 5.41) is 18.7. The molecule has 0 aliphatic heterocycles. The number of hydrogen-bond donors (Lipinski definition) is 2. The molecule has 94 valence electrons. The first-order valence-electron chi connectivity index (χ1n) is 5.81. The molecule has 0 radical (unpaired) electrons. The highest BCUT2D eigenvalue weighted by molar-refractivity contribution is 7.98. The minimum Gasteiger partial charge on any atom is -0.365 e. The topological polar surface area (TPSA) is 62.7 Å². The van der Waals surface area contributed by atoms with E-state index in [9.17, 15) is 0 Å². The summed E-state index contributed by atoms with van der Waals surface area (Å²) in [5.41, 5.74) is -0.0304. The fourth-order valence-corrected chi connectivity index (χ4v) is 2.04. The van der Waals surface area contributed by atoms with Gasteiger partial charge in [-0.25, -0.2) is 0 Å². The van der Waals surface area contributed by atoms with E-state index >= 15 is 0 Å². The third kappa shape index (κ3) is 3.46. The van der Waals surface area contributed by atoms with Crippen molar-refractivity contribution in [2.24, 2.45) is 0 Å². The molecule has 1 fully saturated rings. The number of nitrogens with zero attached hydrogens (tertiary/aromatic N) is 3. The van der Waals surface area contributed by atoms with Gasteiger partial charge >= 0.3 is 0 Å². The molecule has 1 aliphatic carbocycles. The third-order valence-electron chi connectivity index (χ3n) is 2.34. The molecule has 0 unspecified atom stereocenters. The van der Waals surface area contributed by atoms with E-state index in [-0.39, 0.29) is 5.54 Å². The van der Waals surface area contributed by atoms with Crippen molar-refractivity contribution in [2.45, 2.75) is 50.1 Å². The van der Waals surface area contributed by atoms with Crippen LogP contribution < -0.4 is 10.6 Å². The minimum absolute atomic E-state index is 0.0304. The Morgan fingerprint density at radius 2 is 1.82 bits per heavy atom. The molecule has 1 heterocycles. The summed E-state index contributed by atoms with van der Waals surface area (Å²) in [4.78, 5) is 1.04. The van der Waals surface area contributed by atoms with Crippen LogP contribution in [0.25, 0.3) is 0 Å². The summed E-state index contributed by atoms with van der Waals surface area (Å²) in [6.07, 6.45) is 4.48. The van der Waals surface area contributed by atoms with Crippen molar-refractivity contribution in [3.05, 3.63) is 0 Å². The first-order chi connectivity index (χ1) is 7.99. The SMILES string of the molecule is CSc1c(NC2CC2)nnnc1NC(C)(C)C. The van der Waals surface area contributed by atoms with Gasteiger partial charge in [-0.2, -0.15) is 0 Å². The molecule has 1 aromatic rings. The lowest BCUT2D eigenvalue weighted by Gasteiger charge is -2.22. The second-order valence-electron chi connectivity index (χ2n) is 5.31. The van der Waals surface area contributed by atoms with Crippen LogP contribution in [-0.2, 0) is 0 Å². The summed E-state index contributed by atoms with van der Waals surface area (Å²) in [6.45, 7) is 6.31. The van der Waals surface area contributed by atoms with Crippen molar-refractivity contribution in [3.63, 3.8) is 0 Å². The predicted octanol–water partition coefficient (Wildman–Crippen LogP) is 2.38. The van der Waals surface area contributed by atoms with Crippen LogP contribution in [-0.4, -0.2) is 33.2 Å². The molecular formula is C11H19N5S. The van der Waals surface area contributed by atoms with Crippen LogP contribution in [0.5, 0.6) is 0 Å². The van der Waals surface area contributed by atoms with Crippen molar-refractivity contribution in [1.82, 2.24) is 15.4 Å². The van der Waals surface area contributed by atoms with Gasteiger partial charge < -0.3 is 10.6 Å². The largest absolute Gasteiger partial charge is 0.365 e.